The minimum absolute atomic E-state index is 0.0476. The van der Waals surface area contributed by atoms with Crippen LogP contribution in [0.2, 0.25) is 0 Å². The van der Waals surface area contributed by atoms with Gasteiger partial charge in [0, 0.05) is 24.0 Å². The van der Waals surface area contributed by atoms with Crippen molar-refractivity contribution in [2.24, 2.45) is 0 Å². The van der Waals surface area contributed by atoms with Crippen LogP contribution in [-0.2, 0) is 4.79 Å². The maximum absolute atomic E-state index is 12.8. The number of carbonyl (C=O) groups is 2. The topological polar surface area (TPSA) is 86.0 Å². The number of nitrogens with zero attached hydrogens (tertiary/aromatic N) is 2. The summed E-state index contributed by atoms with van der Waals surface area (Å²) in [6, 6.07) is 9.82. The molecule has 1 atom stereocenters. The average molecular weight is 387 g/mol. The molecule has 1 aliphatic rings. The maximum Gasteiger partial charge on any atom is 0.318 e. The summed E-state index contributed by atoms with van der Waals surface area (Å²) in [6.45, 7) is 7.20. The number of furan rings is 1. The highest BCUT2D eigenvalue weighted by Crippen LogP contribution is 2.29. The van der Waals surface area contributed by atoms with Crippen molar-refractivity contribution in [3.8, 4) is 0 Å². The van der Waals surface area contributed by atoms with Gasteiger partial charge in [-0.05, 0) is 45.4 Å². The van der Waals surface area contributed by atoms with Gasteiger partial charge >= 0.3 is 12.0 Å². The molecule has 7 nitrogen and oxygen atoms in total. The second-order valence-electron chi connectivity index (χ2n) is 7.38. The zero-order valence-corrected chi connectivity index (χ0v) is 16.7. The maximum atomic E-state index is 12.8. The third-order valence-electron chi connectivity index (χ3n) is 5.63. The van der Waals surface area contributed by atoms with Crippen molar-refractivity contribution in [1.82, 2.24) is 15.1 Å². The molecule has 1 aromatic carbocycles. The lowest BCUT2D eigenvalue weighted by atomic mass is 9.85. The summed E-state index contributed by atoms with van der Waals surface area (Å²) in [7, 11) is 0. The third-order valence-corrected chi connectivity index (χ3v) is 5.63. The number of rotatable bonds is 8. The summed E-state index contributed by atoms with van der Waals surface area (Å²) in [5.74, 6) is -0.0468. The van der Waals surface area contributed by atoms with Crippen LogP contribution in [-0.4, -0.2) is 58.6 Å². The van der Waals surface area contributed by atoms with Gasteiger partial charge in [0.25, 0.3) is 0 Å². The summed E-state index contributed by atoms with van der Waals surface area (Å²) in [5.41, 5.74) is 0.820. The Hall–Kier alpha value is -2.54. The molecule has 1 saturated carbocycles. The second-order valence-corrected chi connectivity index (χ2v) is 7.38. The fourth-order valence-electron chi connectivity index (χ4n) is 3.89. The van der Waals surface area contributed by atoms with Crippen molar-refractivity contribution in [2.45, 2.75) is 51.7 Å². The Kier molecular flexibility index (Phi) is 6.24. The van der Waals surface area contributed by atoms with Crippen LogP contribution in [0.5, 0.6) is 0 Å². The average Bonchev–Trinajstić information content (AvgIpc) is 3.07. The number of aliphatic carboxylic acids is 1. The van der Waals surface area contributed by atoms with E-state index in [1.54, 1.807) is 4.90 Å². The normalized spacial score (nSPS) is 20.0. The Morgan fingerprint density at radius 2 is 1.96 bits per heavy atom. The number of benzene rings is 1. The van der Waals surface area contributed by atoms with Crippen LogP contribution in [0.15, 0.2) is 34.7 Å². The first-order valence-electron chi connectivity index (χ1n) is 9.94. The molecule has 2 N–H and O–H groups in total. The first-order chi connectivity index (χ1) is 13.4. The van der Waals surface area contributed by atoms with Crippen LogP contribution >= 0.6 is 0 Å². The van der Waals surface area contributed by atoms with E-state index < -0.39 is 5.97 Å². The van der Waals surface area contributed by atoms with E-state index in [0.29, 0.717) is 13.1 Å². The number of likely N-dealkylation sites (N-methyl/N-ethyl adjacent to an activating group) is 1. The molecule has 2 amide bonds. The lowest BCUT2D eigenvalue weighted by molar-refractivity contribution is -0.139. The number of hydrogen-bond acceptors (Lipinski definition) is 4. The molecule has 1 heterocycles. The largest absolute Gasteiger partial charge is 0.480 e. The van der Waals surface area contributed by atoms with Crippen LogP contribution in [0.25, 0.3) is 11.0 Å². The number of hydrogen-bond donors (Lipinski definition) is 2. The van der Waals surface area contributed by atoms with Crippen molar-refractivity contribution in [3.05, 3.63) is 36.1 Å². The number of para-hydroxylation sites is 1. The zero-order chi connectivity index (χ0) is 20.3. The van der Waals surface area contributed by atoms with Gasteiger partial charge in [0.2, 0.25) is 0 Å². The molecule has 0 aliphatic heterocycles. The molecule has 3 rings (SSSR count). The SMILES string of the molecule is CCN(CC(=O)O)C1CC(NC(=O)N(CC)C(C)c2cc3ccccc3o2)C1. The van der Waals surface area contributed by atoms with Gasteiger partial charge in [-0.25, -0.2) is 4.79 Å². The molecule has 1 fully saturated rings. The molecule has 7 heteroatoms. The van der Waals surface area contributed by atoms with Crippen LogP contribution in [0.4, 0.5) is 4.79 Å². The molecule has 0 saturated heterocycles. The van der Waals surface area contributed by atoms with E-state index in [9.17, 15) is 9.59 Å². The lowest BCUT2D eigenvalue weighted by Gasteiger charge is -2.43. The Morgan fingerprint density at radius 3 is 2.57 bits per heavy atom. The third kappa shape index (κ3) is 4.30. The number of carbonyl (C=O) groups excluding carboxylic acids is 1. The van der Waals surface area contributed by atoms with Crippen molar-refractivity contribution < 1.29 is 19.1 Å². The molecule has 2 aromatic rings. The van der Waals surface area contributed by atoms with Gasteiger partial charge in [0.1, 0.15) is 11.3 Å². The fraction of sp³-hybridized carbons (Fsp3) is 0.524. The quantitative estimate of drug-likeness (QED) is 0.724. The lowest BCUT2D eigenvalue weighted by Crippen LogP contribution is -2.57. The molecule has 1 aliphatic carbocycles. The number of amides is 2. The van der Waals surface area contributed by atoms with E-state index in [1.807, 2.05) is 56.0 Å². The second kappa shape index (κ2) is 8.65. The number of carboxylic acids is 1. The van der Waals surface area contributed by atoms with Gasteiger partial charge in [-0.15, -0.1) is 0 Å². The molecular formula is C21H29N3O4. The highest BCUT2D eigenvalue weighted by atomic mass is 16.4. The number of urea groups is 1. The zero-order valence-electron chi connectivity index (χ0n) is 16.7. The molecular weight excluding hydrogens is 358 g/mol. The van der Waals surface area contributed by atoms with Crippen molar-refractivity contribution in [1.29, 1.82) is 0 Å². The number of nitrogens with one attached hydrogen (secondary N) is 1. The predicted molar refractivity (Wildman–Crippen MR) is 107 cm³/mol. The Labute approximate surface area is 165 Å². The standard InChI is InChI=1S/C21H29N3O4/c1-4-23(13-20(25)26)17-11-16(12-17)22-21(27)24(5-2)14(3)19-10-15-8-6-7-9-18(15)28-19/h6-10,14,16-17H,4-5,11-13H2,1-3H3,(H,22,27)(H,25,26). The highest BCUT2D eigenvalue weighted by Gasteiger charge is 2.36. The van der Waals surface area contributed by atoms with E-state index in [-0.39, 0.29) is 30.7 Å². The Balaban J connectivity index is 1.57. The highest BCUT2D eigenvalue weighted by molar-refractivity contribution is 5.79. The molecule has 1 unspecified atom stereocenters. The van der Waals surface area contributed by atoms with E-state index in [0.717, 1.165) is 29.6 Å². The molecule has 0 radical (unpaired) electrons. The smallest absolute Gasteiger partial charge is 0.318 e. The van der Waals surface area contributed by atoms with Crippen molar-refractivity contribution in [3.63, 3.8) is 0 Å². The summed E-state index contributed by atoms with van der Waals surface area (Å²) in [4.78, 5) is 27.5. The van der Waals surface area contributed by atoms with E-state index >= 15 is 0 Å². The summed E-state index contributed by atoms with van der Waals surface area (Å²) in [6.07, 6.45) is 1.56. The minimum Gasteiger partial charge on any atom is -0.480 e. The van der Waals surface area contributed by atoms with Gasteiger partial charge in [-0.1, -0.05) is 25.1 Å². The van der Waals surface area contributed by atoms with E-state index in [1.165, 1.54) is 0 Å². The summed E-state index contributed by atoms with van der Waals surface area (Å²) in [5, 5.41) is 13.1. The molecule has 0 bridgehead atoms. The van der Waals surface area contributed by atoms with E-state index in [2.05, 4.69) is 5.32 Å². The van der Waals surface area contributed by atoms with Crippen LogP contribution in [0, 0.1) is 0 Å². The molecule has 152 valence electrons. The first-order valence-corrected chi connectivity index (χ1v) is 9.94. The van der Waals surface area contributed by atoms with Gasteiger partial charge in [0.05, 0.1) is 12.6 Å². The molecule has 0 spiro atoms. The summed E-state index contributed by atoms with van der Waals surface area (Å²) >= 11 is 0. The monoisotopic (exact) mass is 387 g/mol. The van der Waals surface area contributed by atoms with Crippen molar-refractivity contribution >= 4 is 23.0 Å². The molecule has 28 heavy (non-hydrogen) atoms. The van der Waals surface area contributed by atoms with Gasteiger partial charge in [-0.3, -0.25) is 9.69 Å². The molecule has 1 aromatic heterocycles. The predicted octanol–water partition coefficient (Wildman–Crippen LogP) is 3.46. The summed E-state index contributed by atoms with van der Waals surface area (Å²) < 4.78 is 5.92. The van der Waals surface area contributed by atoms with Gasteiger partial charge < -0.3 is 19.7 Å². The first kappa shape index (κ1) is 20.2. The van der Waals surface area contributed by atoms with Crippen molar-refractivity contribution in [2.75, 3.05) is 19.6 Å². The fourth-order valence-corrected chi connectivity index (χ4v) is 3.89. The number of fused-ring (bicyclic) bond motifs is 1. The van der Waals surface area contributed by atoms with Gasteiger partial charge in [0.15, 0.2) is 0 Å². The van der Waals surface area contributed by atoms with E-state index in [4.69, 9.17) is 9.52 Å². The Bertz CT molecular complexity index is 795. The van der Waals surface area contributed by atoms with Crippen LogP contribution in [0.1, 0.15) is 45.4 Å². The number of carboxylic acid groups (broad SMARTS) is 1. The van der Waals surface area contributed by atoms with Crippen LogP contribution in [0.3, 0.4) is 0 Å². The van der Waals surface area contributed by atoms with Gasteiger partial charge in [-0.2, -0.15) is 0 Å². The van der Waals surface area contributed by atoms with Crippen LogP contribution < -0.4 is 5.32 Å². The Morgan fingerprint density at radius 1 is 1.25 bits per heavy atom. The minimum atomic E-state index is -0.814.